The second-order valence-electron chi connectivity index (χ2n) is 5.62. The predicted molar refractivity (Wildman–Crippen MR) is 85.3 cm³/mol. The van der Waals surface area contributed by atoms with E-state index in [0.717, 1.165) is 30.5 Å². The van der Waals surface area contributed by atoms with Crippen molar-refractivity contribution in [1.29, 1.82) is 0 Å². The average Bonchev–Trinajstić information content (AvgIpc) is 2.67. The SMILES string of the molecule is Cc1nc(N(C)CCCN(C)C)sc1CNC(C)C. The lowest BCUT2D eigenvalue weighted by Crippen LogP contribution is -2.23. The number of anilines is 1. The van der Waals surface area contributed by atoms with Crippen molar-refractivity contribution in [3.8, 4) is 0 Å². The molecule has 19 heavy (non-hydrogen) atoms. The van der Waals surface area contributed by atoms with Crippen LogP contribution in [0.4, 0.5) is 5.13 Å². The van der Waals surface area contributed by atoms with Crippen molar-refractivity contribution in [2.24, 2.45) is 0 Å². The summed E-state index contributed by atoms with van der Waals surface area (Å²) in [6.07, 6.45) is 1.17. The minimum atomic E-state index is 0.516. The number of nitrogens with one attached hydrogen (secondary N) is 1. The first kappa shape index (κ1) is 16.4. The van der Waals surface area contributed by atoms with Gasteiger partial charge in [0.25, 0.3) is 0 Å². The molecule has 1 aromatic rings. The Kier molecular flexibility index (Phi) is 6.75. The van der Waals surface area contributed by atoms with E-state index in [9.17, 15) is 0 Å². The van der Waals surface area contributed by atoms with Crippen LogP contribution >= 0.6 is 11.3 Å². The highest BCUT2D eigenvalue weighted by atomic mass is 32.1. The van der Waals surface area contributed by atoms with E-state index in [2.05, 4.69) is 62.0 Å². The summed E-state index contributed by atoms with van der Waals surface area (Å²) in [6.45, 7) is 9.55. The molecule has 1 rings (SSSR count). The summed E-state index contributed by atoms with van der Waals surface area (Å²) < 4.78 is 0. The first-order valence-corrected chi connectivity index (χ1v) is 7.77. The van der Waals surface area contributed by atoms with Gasteiger partial charge in [-0.15, -0.1) is 11.3 Å². The van der Waals surface area contributed by atoms with Gasteiger partial charge in [0, 0.05) is 31.1 Å². The van der Waals surface area contributed by atoms with Gasteiger partial charge in [-0.3, -0.25) is 0 Å². The van der Waals surface area contributed by atoms with Crippen LogP contribution in [-0.2, 0) is 6.54 Å². The van der Waals surface area contributed by atoms with E-state index in [1.54, 1.807) is 0 Å². The van der Waals surface area contributed by atoms with Crippen LogP contribution in [0.1, 0.15) is 30.8 Å². The van der Waals surface area contributed by atoms with Crippen LogP contribution in [0.15, 0.2) is 0 Å². The fraction of sp³-hybridized carbons (Fsp3) is 0.786. The Labute approximate surface area is 121 Å². The molecule has 0 saturated carbocycles. The molecule has 0 aromatic carbocycles. The standard InChI is InChI=1S/C14H28N4S/c1-11(2)15-10-13-12(3)16-14(19-13)18(6)9-7-8-17(4)5/h11,15H,7-10H2,1-6H3. The van der Waals surface area contributed by atoms with E-state index >= 15 is 0 Å². The van der Waals surface area contributed by atoms with E-state index in [0.29, 0.717) is 6.04 Å². The van der Waals surface area contributed by atoms with Crippen LogP contribution in [0.25, 0.3) is 0 Å². The highest BCUT2D eigenvalue weighted by Crippen LogP contribution is 2.25. The molecule has 0 spiro atoms. The monoisotopic (exact) mass is 284 g/mol. The number of hydrogen-bond acceptors (Lipinski definition) is 5. The van der Waals surface area contributed by atoms with Gasteiger partial charge in [0.2, 0.25) is 0 Å². The van der Waals surface area contributed by atoms with Crippen LogP contribution in [0.5, 0.6) is 0 Å². The van der Waals surface area contributed by atoms with Crippen molar-refractivity contribution in [3.63, 3.8) is 0 Å². The Morgan fingerprint density at radius 3 is 2.47 bits per heavy atom. The molecule has 4 nitrogen and oxygen atoms in total. The molecule has 0 saturated heterocycles. The summed E-state index contributed by atoms with van der Waals surface area (Å²) in [7, 11) is 6.36. The highest BCUT2D eigenvalue weighted by molar-refractivity contribution is 7.15. The molecule has 1 aromatic heterocycles. The Bertz CT molecular complexity index is 374. The minimum absolute atomic E-state index is 0.516. The fourth-order valence-electron chi connectivity index (χ4n) is 1.76. The maximum atomic E-state index is 4.68. The Balaban J connectivity index is 2.51. The lowest BCUT2D eigenvalue weighted by atomic mass is 10.3. The topological polar surface area (TPSA) is 31.4 Å². The fourth-order valence-corrected chi connectivity index (χ4v) is 2.76. The number of rotatable bonds is 8. The molecule has 0 unspecified atom stereocenters. The number of thiazole rings is 1. The van der Waals surface area contributed by atoms with Crippen molar-refractivity contribution >= 4 is 16.5 Å². The minimum Gasteiger partial charge on any atom is -0.351 e. The van der Waals surface area contributed by atoms with E-state index < -0.39 is 0 Å². The number of aryl methyl sites for hydroxylation is 1. The van der Waals surface area contributed by atoms with Gasteiger partial charge in [0.05, 0.1) is 5.69 Å². The maximum Gasteiger partial charge on any atom is 0.185 e. The first-order valence-electron chi connectivity index (χ1n) is 6.95. The third-order valence-corrected chi connectivity index (χ3v) is 4.25. The predicted octanol–water partition coefficient (Wildman–Crippen LogP) is 2.34. The molecular weight excluding hydrogens is 256 g/mol. The summed E-state index contributed by atoms with van der Waals surface area (Å²) in [6, 6.07) is 0.516. The van der Waals surface area contributed by atoms with Crippen LogP contribution < -0.4 is 10.2 Å². The smallest absolute Gasteiger partial charge is 0.185 e. The van der Waals surface area contributed by atoms with Crippen molar-refractivity contribution in [2.75, 3.05) is 39.1 Å². The molecule has 1 heterocycles. The molecule has 0 aliphatic rings. The molecule has 0 radical (unpaired) electrons. The normalized spacial score (nSPS) is 11.6. The molecule has 110 valence electrons. The van der Waals surface area contributed by atoms with Crippen LogP contribution in [0, 0.1) is 6.92 Å². The van der Waals surface area contributed by atoms with Crippen LogP contribution in [-0.4, -0.2) is 50.2 Å². The number of nitrogens with zero attached hydrogens (tertiary/aromatic N) is 3. The molecule has 0 fully saturated rings. The van der Waals surface area contributed by atoms with Gasteiger partial charge in [-0.05, 0) is 34.0 Å². The van der Waals surface area contributed by atoms with Crippen molar-refractivity contribution in [3.05, 3.63) is 10.6 Å². The van der Waals surface area contributed by atoms with Crippen LogP contribution in [0.2, 0.25) is 0 Å². The summed E-state index contributed by atoms with van der Waals surface area (Å²) in [4.78, 5) is 10.5. The van der Waals surface area contributed by atoms with Crippen molar-refractivity contribution < 1.29 is 0 Å². The molecule has 0 amide bonds. The molecule has 0 bridgehead atoms. The second kappa shape index (κ2) is 7.82. The van der Waals surface area contributed by atoms with Gasteiger partial charge in [-0.2, -0.15) is 0 Å². The molecule has 0 aliphatic carbocycles. The van der Waals surface area contributed by atoms with Gasteiger partial charge < -0.3 is 15.1 Å². The van der Waals surface area contributed by atoms with Gasteiger partial charge in [-0.25, -0.2) is 4.98 Å². The van der Waals surface area contributed by atoms with Gasteiger partial charge >= 0.3 is 0 Å². The zero-order chi connectivity index (χ0) is 14.4. The third-order valence-electron chi connectivity index (χ3n) is 2.98. The zero-order valence-electron chi connectivity index (χ0n) is 13.2. The first-order chi connectivity index (χ1) is 8.90. The summed E-state index contributed by atoms with van der Waals surface area (Å²) >= 11 is 1.81. The summed E-state index contributed by atoms with van der Waals surface area (Å²) in [5.41, 5.74) is 1.16. The molecule has 0 aliphatic heterocycles. The highest BCUT2D eigenvalue weighted by Gasteiger charge is 2.11. The second-order valence-corrected chi connectivity index (χ2v) is 6.68. The van der Waals surface area contributed by atoms with Gasteiger partial charge in [0.15, 0.2) is 5.13 Å². The van der Waals surface area contributed by atoms with Crippen molar-refractivity contribution in [1.82, 2.24) is 15.2 Å². The van der Waals surface area contributed by atoms with Crippen molar-refractivity contribution in [2.45, 2.75) is 39.8 Å². The molecule has 0 atom stereocenters. The third kappa shape index (κ3) is 5.89. The van der Waals surface area contributed by atoms with Gasteiger partial charge in [-0.1, -0.05) is 13.8 Å². The Hall–Kier alpha value is -0.650. The number of aromatic nitrogens is 1. The quantitative estimate of drug-likeness (QED) is 0.794. The largest absolute Gasteiger partial charge is 0.351 e. The van der Waals surface area contributed by atoms with Gasteiger partial charge in [0.1, 0.15) is 0 Å². The Morgan fingerprint density at radius 1 is 1.21 bits per heavy atom. The average molecular weight is 284 g/mol. The summed E-state index contributed by atoms with van der Waals surface area (Å²) in [5.74, 6) is 0. The maximum absolute atomic E-state index is 4.68. The van der Waals surface area contributed by atoms with E-state index in [1.165, 1.54) is 11.3 Å². The lowest BCUT2D eigenvalue weighted by molar-refractivity contribution is 0.401. The van der Waals surface area contributed by atoms with Crippen LogP contribution in [0.3, 0.4) is 0 Å². The number of hydrogen-bond donors (Lipinski definition) is 1. The van der Waals surface area contributed by atoms with E-state index in [4.69, 9.17) is 0 Å². The lowest BCUT2D eigenvalue weighted by Gasteiger charge is -2.17. The van der Waals surface area contributed by atoms with E-state index in [1.807, 2.05) is 11.3 Å². The molecule has 5 heteroatoms. The molecule has 1 N–H and O–H groups in total. The summed E-state index contributed by atoms with van der Waals surface area (Å²) in [5, 5.41) is 4.59. The Morgan fingerprint density at radius 2 is 1.89 bits per heavy atom. The zero-order valence-corrected chi connectivity index (χ0v) is 14.0. The molecular formula is C14H28N4S. The van der Waals surface area contributed by atoms with E-state index in [-0.39, 0.29) is 0 Å².